The molecule has 1 fully saturated rings. The zero-order chi connectivity index (χ0) is 30.7. The molecule has 4 atom stereocenters. The summed E-state index contributed by atoms with van der Waals surface area (Å²) in [6, 6.07) is 9.31. The Morgan fingerprint density at radius 1 is 1.09 bits per heavy atom. The van der Waals surface area contributed by atoms with Crippen molar-refractivity contribution in [2.75, 3.05) is 32.7 Å². The van der Waals surface area contributed by atoms with E-state index in [0.29, 0.717) is 48.1 Å². The Hall–Kier alpha value is -4.27. The van der Waals surface area contributed by atoms with E-state index in [1.807, 2.05) is 37.0 Å². The molecule has 3 amide bonds. The molecule has 0 radical (unpaired) electrons. The first-order valence-corrected chi connectivity index (χ1v) is 15.0. The maximum absolute atomic E-state index is 14.4. The van der Waals surface area contributed by atoms with Gasteiger partial charge >= 0.3 is 6.09 Å². The molecule has 1 aliphatic carbocycles. The number of nitrogens with zero attached hydrogens (tertiary/aromatic N) is 2. The molecule has 228 valence electrons. The maximum Gasteiger partial charge on any atom is 0.411 e. The SMILES string of the molecule is CCCC1C(=O)N2CCc3cc(OC)cc(OC)c3C2C(C)N1C(=O)c1ccccc1NC(=O)OCC1=CCC(C)C=C1. The third kappa shape index (κ3) is 5.98. The molecular formula is C34H41N3O6. The van der Waals surface area contributed by atoms with Gasteiger partial charge in [0.25, 0.3) is 5.91 Å². The van der Waals surface area contributed by atoms with Crippen LogP contribution in [0.5, 0.6) is 11.5 Å². The summed E-state index contributed by atoms with van der Waals surface area (Å²) in [5, 5.41) is 2.77. The van der Waals surface area contributed by atoms with Crippen LogP contribution >= 0.6 is 0 Å². The van der Waals surface area contributed by atoms with Crippen molar-refractivity contribution in [2.45, 2.75) is 64.6 Å². The smallest absolute Gasteiger partial charge is 0.411 e. The van der Waals surface area contributed by atoms with Crippen LogP contribution in [0.2, 0.25) is 0 Å². The highest BCUT2D eigenvalue weighted by Crippen LogP contribution is 2.46. The normalized spacial score (nSPS) is 22.7. The minimum absolute atomic E-state index is 0.0743. The highest BCUT2D eigenvalue weighted by Gasteiger charge is 2.50. The zero-order valence-corrected chi connectivity index (χ0v) is 25.6. The van der Waals surface area contributed by atoms with Gasteiger partial charge in [-0.3, -0.25) is 14.9 Å². The molecule has 2 aromatic rings. The second-order valence-electron chi connectivity index (χ2n) is 11.5. The molecule has 1 saturated heterocycles. The molecule has 9 heteroatoms. The summed E-state index contributed by atoms with van der Waals surface area (Å²) in [7, 11) is 3.22. The Morgan fingerprint density at radius 2 is 1.88 bits per heavy atom. The van der Waals surface area contributed by atoms with Crippen molar-refractivity contribution in [1.82, 2.24) is 9.80 Å². The third-order valence-corrected chi connectivity index (χ3v) is 8.66. The Morgan fingerprint density at radius 3 is 2.58 bits per heavy atom. The molecule has 0 saturated carbocycles. The number of rotatable bonds is 8. The molecular weight excluding hydrogens is 546 g/mol. The van der Waals surface area contributed by atoms with Crippen LogP contribution in [0.15, 0.2) is 60.2 Å². The summed E-state index contributed by atoms with van der Waals surface area (Å²) in [5.74, 6) is 1.39. The summed E-state index contributed by atoms with van der Waals surface area (Å²) < 4.78 is 16.8. The van der Waals surface area contributed by atoms with Crippen LogP contribution in [0.1, 0.15) is 67.6 Å². The van der Waals surface area contributed by atoms with Gasteiger partial charge in [-0.05, 0) is 61.4 Å². The Labute approximate surface area is 253 Å². The first-order valence-electron chi connectivity index (χ1n) is 15.0. The maximum atomic E-state index is 14.4. The van der Waals surface area contributed by atoms with E-state index in [0.717, 1.165) is 29.5 Å². The van der Waals surface area contributed by atoms with Gasteiger partial charge in [0, 0.05) is 18.2 Å². The van der Waals surface area contributed by atoms with Gasteiger partial charge in [0.1, 0.15) is 24.1 Å². The van der Waals surface area contributed by atoms with Crippen LogP contribution in [0, 0.1) is 5.92 Å². The van der Waals surface area contributed by atoms with Crippen LogP contribution in [0.3, 0.4) is 0 Å². The van der Waals surface area contributed by atoms with Crippen molar-refractivity contribution >= 4 is 23.6 Å². The molecule has 2 aliphatic heterocycles. The quantitative estimate of drug-likeness (QED) is 0.412. The number of hydrogen-bond acceptors (Lipinski definition) is 6. The lowest BCUT2D eigenvalue weighted by Crippen LogP contribution is -2.65. The fraction of sp³-hybridized carbons (Fsp3) is 0.441. The van der Waals surface area contributed by atoms with E-state index in [9.17, 15) is 14.4 Å². The minimum atomic E-state index is -0.646. The monoisotopic (exact) mass is 587 g/mol. The van der Waals surface area contributed by atoms with E-state index in [-0.39, 0.29) is 24.5 Å². The molecule has 2 heterocycles. The first kappa shape index (κ1) is 30.2. The average molecular weight is 588 g/mol. The van der Waals surface area contributed by atoms with Gasteiger partial charge in [-0.15, -0.1) is 0 Å². The van der Waals surface area contributed by atoms with Crippen LogP contribution in [0.25, 0.3) is 0 Å². The molecule has 0 bridgehead atoms. The summed E-state index contributed by atoms with van der Waals surface area (Å²) in [6.07, 6.45) is 8.33. The van der Waals surface area contributed by atoms with Gasteiger partial charge in [0.05, 0.1) is 37.6 Å². The molecule has 4 unspecified atom stereocenters. The van der Waals surface area contributed by atoms with Crippen molar-refractivity contribution in [2.24, 2.45) is 5.92 Å². The summed E-state index contributed by atoms with van der Waals surface area (Å²) in [6.45, 7) is 6.82. The average Bonchev–Trinajstić information content (AvgIpc) is 3.02. The lowest BCUT2D eigenvalue weighted by atomic mass is 9.83. The number of hydrogen-bond donors (Lipinski definition) is 1. The largest absolute Gasteiger partial charge is 0.497 e. The summed E-state index contributed by atoms with van der Waals surface area (Å²) in [4.78, 5) is 44.9. The van der Waals surface area contributed by atoms with Crippen LogP contribution in [-0.2, 0) is 16.0 Å². The van der Waals surface area contributed by atoms with Crippen molar-refractivity contribution < 1.29 is 28.6 Å². The number of anilines is 1. The summed E-state index contributed by atoms with van der Waals surface area (Å²) >= 11 is 0. The van der Waals surface area contributed by atoms with Gasteiger partial charge in [-0.2, -0.15) is 0 Å². The van der Waals surface area contributed by atoms with E-state index in [4.69, 9.17) is 14.2 Å². The fourth-order valence-corrected chi connectivity index (χ4v) is 6.47. The first-order chi connectivity index (χ1) is 20.8. The number of nitrogens with one attached hydrogen (secondary N) is 1. The van der Waals surface area contributed by atoms with E-state index < -0.39 is 18.2 Å². The van der Waals surface area contributed by atoms with Crippen molar-refractivity contribution in [3.05, 3.63) is 76.9 Å². The molecule has 3 aliphatic rings. The van der Waals surface area contributed by atoms with Gasteiger partial charge in [0.2, 0.25) is 5.91 Å². The Kier molecular flexibility index (Phi) is 9.08. The van der Waals surface area contributed by atoms with Crippen molar-refractivity contribution in [1.29, 1.82) is 0 Å². The fourth-order valence-electron chi connectivity index (χ4n) is 6.47. The van der Waals surface area contributed by atoms with E-state index in [1.165, 1.54) is 0 Å². The topological polar surface area (TPSA) is 97.4 Å². The minimum Gasteiger partial charge on any atom is -0.497 e. The second kappa shape index (κ2) is 12.9. The molecule has 5 rings (SSSR count). The highest BCUT2D eigenvalue weighted by molar-refractivity contribution is 6.05. The number of allylic oxidation sites excluding steroid dienone is 2. The van der Waals surface area contributed by atoms with Gasteiger partial charge < -0.3 is 24.0 Å². The van der Waals surface area contributed by atoms with Gasteiger partial charge in [-0.1, -0.05) is 50.6 Å². The highest BCUT2D eigenvalue weighted by atomic mass is 16.5. The lowest BCUT2D eigenvalue weighted by molar-refractivity contribution is -0.149. The molecule has 9 nitrogen and oxygen atoms in total. The third-order valence-electron chi connectivity index (χ3n) is 8.66. The van der Waals surface area contributed by atoms with Crippen LogP contribution in [0.4, 0.5) is 10.5 Å². The number of methoxy groups -OCH3 is 2. The number of piperazine rings is 1. The van der Waals surface area contributed by atoms with E-state index in [2.05, 4.69) is 24.4 Å². The van der Waals surface area contributed by atoms with Gasteiger partial charge in [0.15, 0.2) is 0 Å². The van der Waals surface area contributed by atoms with Crippen molar-refractivity contribution in [3.63, 3.8) is 0 Å². The molecule has 0 aromatic heterocycles. The number of fused-ring (bicyclic) bond motifs is 3. The number of amides is 3. The number of benzene rings is 2. The number of carbonyl (C=O) groups is 3. The second-order valence-corrected chi connectivity index (χ2v) is 11.5. The Balaban J connectivity index is 1.44. The predicted octanol–water partition coefficient (Wildman–Crippen LogP) is 5.91. The lowest BCUT2D eigenvalue weighted by Gasteiger charge is -2.52. The number of para-hydroxylation sites is 1. The van der Waals surface area contributed by atoms with Crippen LogP contribution < -0.4 is 14.8 Å². The van der Waals surface area contributed by atoms with Crippen LogP contribution in [-0.4, -0.2) is 67.2 Å². The summed E-state index contributed by atoms with van der Waals surface area (Å²) in [5.41, 5.74) is 3.52. The number of carbonyl (C=O) groups excluding carboxylic acids is 3. The molecule has 1 N–H and O–H groups in total. The molecule has 43 heavy (non-hydrogen) atoms. The molecule has 2 aromatic carbocycles. The zero-order valence-electron chi connectivity index (χ0n) is 25.6. The number of ether oxygens (including phenoxy) is 3. The van der Waals surface area contributed by atoms with Crippen molar-refractivity contribution in [3.8, 4) is 11.5 Å². The van der Waals surface area contributed by atoms with E-state index in [1.54, 1.807) is 43.4 Å². The van der Waals surface area contributed by atoms with Gasteiger partial charge in [-0.25, -0.2) is 4.79 Å². The Bertz CT molecular complexity index is 1430. The van der Waals surface area contributed by atoms with E-state index >= 15 is 0 Å². The predicted molar refractivity (Wildman–Crippen MR) is 164 cm³/mol. The standard InChI is InChI=1S/C34H41N3O6/c1-6-9-28-33(39)36-17-16-24-18-25(41-4)19-29(42-5)30(24)31(36)22(3)37(28)32(38)26-10-7-8-11-27(26)35-34(40)43-20-23-14-12-21(2)13-15-23/h7-8,10-12,14-15,18-19,21-22,28,31H,6,9,13,16-17,20H2,1-5H3,(H,35,40). The molecule has 0 spiro atoms.